The SMILES string of the molecule is Cc1ccc(S(=O)(=O)N[C@H](c2ccccc2)c2ccccc2[S@@](=O)C(C)(C)C)cc1. The molecule has 2 atom stereocenters. The van der Waals surface area contributed by atoms with E-state index in [2.05, 4.69) is 4.72 Å². The Morgan fingerprint density at radius 1 is 0.833 bits per heavy atom. The van der Waals surface area contributed by atoms with Crippen LogP contribution in [-0.4, -0.2) is 17.4 Å². The van der Waals surface area contributed by atoms with Crippen molar-refractivity contribution in [1.82, 2.24) is 4.72 Å². The molecule has 0 aromatic heterocycles. The van der Waals surface area contributed by atoms with E-state index in [1.807, 2.05) is 82.3 Å². The zero-order valence-corrected chi connectivity index (χ0v) is 19.3. The van der Waals surface area contributed by atoms with E-state index in [-0.39, 0.29) is 4.90 Å². The van der Waals surface area contributed by atoms with Crippen LogP contribution in [0.3, 0.4) is 0 Å². The first kappa shape index (κ1) is 22.4. The topological polar surface area (TPSA) is 63.2 Å². The highest BCUT2D eigenvalue weighted by atomic mass is 32.2. The Morgan fingerprint density at radius 3 is 2.00 bits per heavy atom. The molecule has 0 saturated carbocycles. The van der Waals surface area contributed by atoms with Crippen molar-refractivity contribution in [2.24, 2.45) is 0 Å². The lowest BCUT2D eigenvalue weighted by Crippen LogP contribution is -2.31. The van der Waals surface area contributed by atoms with Gasteiger partial charge in [-0.2, -0.15) is 4.72 Å². The van der Waals surface area contributed by atoms with Crippen LogP contribution in [0.25, 0.3) is 0 Å². The van der Waals surface area contributed by atoms with Crippen LogP contribution >= 0.6 is 0 Å². The minimum atomic E-state index is -3.80. The van der Waals surface area contributed by atoms with Crippen LogP contribution in [0.2, 0.25) is 0 Å². The van der Waals surface area contributed by atoms with Crippen LogP contribution in [0, 0.1) is 6.92 Å². The van der Waals surface area contributed by atoms with Crippen molar-refractivity contribution in [3.63, 3.8) is 0 Å². The van der Waals surface area contributed by atoms with E-state index in [4.69, 9.17) is 0 Å². The Kier molecular flexibility index (Phi) is 6.60. The molecule has 0 amide bonds. The second-order valence-electron chi connectivity index (χ2n) is 8.20. The maximum atomic E-state index is 13.2. The molecule has 4 nitrogen and oxygen atoms in total. The first-order valence-electron chi connectivity index (χ1n) is 9.74. The molecule has 1 N–H and O–H groups in total. The molecule has 0 aliphatic heterocycles. The number of hydrogen-bond acceptors (Lipinski definition) is 3. The van der Waals surface area contributed by atoms with Gasteiger partial charge in [0.15, 0.2) is 0 Å². The fourth-order valence-corrected chi connectivity index (χ4v) is 5.58. The van der Waals surface area contributed by atoms with Gasteiger partial charge in [0.05, 0.1) is 21.7 Å². The van der Waals surface area contributed by atoms with Crippen molar-refractivity contribution in [2.45, 2.75) is 48.3 Å². The third-order valence-electron chi connectivity index (χ3n) is 4.72. The molecule has 0 fully saturated rings. The molecule has 0 unspecified atom stereocenters. The number of nitrogens with one attached hydrogen (secondary N) is 1. The monoisotopic (exact) mass is 441 g/mol. The second-order valence-corrected chi connectivity index (χ2v) is 12.1. The predicted molar refractivity (Wildman–Crippen MR) is 122 cm³/mol. The van der Waals surface area contributed by atoms with Gasteiger partial charge < -0.3 is 0 Å². The zero-order chi connectivity index (χ0) is 21.9. The summed E-state index contributed by atoms with van der Waals surface area (Å²) in [7, 11) is -5.12. The Hall–Kier alpha value is -2.28. The number of aryl methyl sites for hydroxylation is 1. The van der Waals surface area contributed by atoms with Gasteiger partial charge in [-0.1, -0.05) is 66.2 Å². The molecule has 0 aliphatic carbocycles. The van der Waals surface area contributed by atoms with E-state index in [9.17, 15) is 12.6 Å². The van der Waals surface area contributed by atoms with Crippen LogP contribution in [0.5, 0.6) is 0 Å². The fourth-order valence-electron chi connectivity index (χ4n) is 3.11. The highest BCUT2D eigenvalue weighted by Gasteiger charge is 2.29. The van der Waals surface area contributed by atoms with Gasteiger partial charge in [0, 0.05) is 9.64 Å². The molecule has 3 aromatic rings. The van der Waals surface area contributed by atoms with E-state index in [1.54, 1.807) is 24.3 Å². The van der Waals surface area contributed by atoms with Gasteiger partial charge in [0.1, 0.15) is 0 Å². The third-order valence-corrected chi connectivity index (χ3v) is 8.05. The van der Waals surface area contributed by atoms with Crippen LogP contribution < -0.4 is 4.72 Å². The largest absolute Gasteiger partial charge is 0.254 e. The molecule has 0 heterocycles. The van der Waals surface area contributed by atoms with Gasteiger partial charge in [0.25, 0.3) is 0 Å². The molecule has 158 valence electrons. The van der Waals surface area contributed by atoms with Crippen molar-refractivity contribution < 1.29 is 12.6 Å². The number of benzene rings is 3. The molecule has 0 radical (unpaired) electrons. The highest BCUT2D eigenvalue weighted by Crippen LogP contribution is 2.32. The van der Waals surface area contributed by atoms with Gasteiger partial charge in [-0.05, 0) is 57.0 Å². The molecular formula is C24H27NO3S2. The Balaban J connectivity index is 2.13. The van der Waals surface area contributed by atoms with E-state index in [0.29, 0.717) is 10.5 Å². The lowest BCUT2D eigenvalue weighted by molar-refractivity contribution is 0.570. The Morgan fingerprint density at radius 2 is 1.40 bits per heavy atom. The summed E-state index contributed by atoms with van der Waals surface area (Å²) in [5, 5.41) is 0. The van der Waals surface area contributed by atoms with E-state index in [1.165, 1.54) is 0 Å². The third kappa shape index (κ3) is 5.06. The first-order valence-corrected chi connectivity index (χ1v) is 12.4. The summed E-state index contributed by atoms with van der Waals surface area (Å²) in [5.41, 5.74) is 2.46. The smallest absolute Gasteiger partial charge is 0.241 e. The lowest BCUT2D eigenvalue weighted by atomic mass is 10.00. The quantitative estimate of drug-likeness (QED) is 0.587. The molecule has 0 spiro atoms. The maximum Gasteiger partial charge on any atom is 0.241 e. The van der Waals surface area contributed by atoms with Crippen molar-refractivity contribution in [3.8, 4) is 0 Å². The summed E-state index contributed by atoms with van der Waals surface area (Å²) in [6.07, 6.45) is 0. The van der Waals surface area contributed by atoms with E-state index < -0.39 is 31.6 Å². The molecule has 30 heavy (non-hydrogen) atoms. The average molecular weight is 442 g/mol. The highest BCUT2D eigenvalue weighted by molar-refractivity contribution is 7.89. The first-order chi connectivity index (χ1) is 14.1. The standard InChI is InChI=1S/C24H27NO3S2/c1-18-14-16-20(17-15-18)30(27,28)25-23(19-10-6-5-7-11-19)21-12-8-9-13-22(21)29(26)24(2,3)4/h5-17,23,25H,1-4H3/t23-,29-/m1/s1. The minimum absolute atomic E-state index is 0.198. The van der Waals surface area contributed by atoms with Crippen molar-refractivity contribution in [2.75, 3.05) is 0 Å². The van der Waals surface area contributed by atoms with Gasteiger partial charge in [0.2, 0.25) is 10.0 Å². The van der Waals surface area contributed by atoms with Gasteiger partial charge >= 0.3 is 0 Å². The summed E-state index contributed by atoms with van der Waals surface area (Å²) in [5.74, 6) is 0. The van der Waals surface area contributed by atoms with Crippen LogP contribution in [0.1, 0.15) is 43.5 Å². The van der Waals surface area contributed by atoms with Gasteiger partial charge in [-0.15, -0.1) is 0 Å². The zero-order valence-electron chi connectivity index (χ0n) is 17.6. The summed E-state index contributed by atoms with van der Waals surface area (Å²) in [6.45, 7) is 7.64. The van der Waals surface area contributed by atoms with E-state index >= 15 is 0 Å². The van der Waals surface area contributed by atoms with Crippen molar-refractivity contribution in [1.29, 1.82) is 0 Å². The Bertz CT molecular complexity index is 1130. The average Bonchev–Trinajstić information content (AvgIpc) is 2.72. The van der Waals surface area contributed by atoms with Crippen LogP contribution in [0.15, 0.2) is 88.7 Å². The molecule has 3 rings (SSSR count). The number of rotatable bonds is 6. The van der Waals surface area contributed by atoms with Crippen molar-refractivity contribution >= 4 is 20.8 Å². The second kappa shape index (κ2) is 8.84. The van der Waals surface area contributed by atoms with Crippen molar-refractivity contribution in [3.05, 3.63) is 95.6 Å². The molecular weight excluding hydrogens is 414 g/mol. The van der Waals surface area contributed by atoms with Gasteiger partial charge in [-0.3, -0.25) is 4.21 Å². The van der Waals surface area contributed by atoms with E-state index in [0.717, 1.165) is 11.1 Å². The normalized spacial score (nSPS) is 14.3. The number of hydrogen-bond donors (Lipinski definition) is 1. The van der Waals surface area contributed by atoms with Gasteiger partial charge in [-0.25, -0.2) is 8.42 Å². The van der Waals surface area contributed by atoms with Crippen LogP contribution in [-0.2, 0) is 20.8 Å². The Labute approximate surface area is 181 Å². The summed E-state index contributed by atoms with van der Waals surface area (Å²) >= 11 is 0. The maximum absolute atomic E-state index is 13.2. The fraction of sp³-hybridized carbons (Fsp3) is 0.250. The summed E-state index contributed by atoms with van der Waals surface area (Å²) < 4.78 is 42.0. The minimum Gasteiger partial charge on any atom is -0.254 e. The lowest BCUT2D eigenvalue weighted by Gasteiger charge is -2.25. The summed E-state index contributed by atoms with van der Waals surface area (Å²) in [4.78, 5) is 0.828. The molecule has 0 aliphatic rings. The molecule has 6 heteroatoms. The molecule has 3 aromatic carbocycles. The van der Waals surface area contributed by atoms with Crippen LogP contribution in [0.4, 0.5) is 0 Å². The predicted octanol–water partition coefficient (Wildman–Crippen LogP) is 4.97. The molecule has 0 saturated heterocycles. The number of sulfonamides is 1. The molecule has 0 bridgehead atoms. The summed E-state index contributed by atoms with van der Waals surface area (Å²) in [6, 6.07) is 22.8.